The van der Waals surface area contributed by atoms with Gasteiger partial charge in [-0.25, -0.2) is 8.42 Å². The first-order valence-electron chi connectivity index (χ1n) is 4.01. The van der Waals surface area contributed by atoms with E-state index in [0.717, 1.165) is 4.31 Å². The first kappa shape index (κ1) is 12.8. The van der Waals surface area contributed by atoms with Crippen LogP contribution in [-0.2, 0) is 10.0 Å². The molecule has 80 valence electrons. The second kappa shape index (κ2) is 4.32. The van der Waals surface area contributed by atoms with Crippen molar-refractivity contribution in [2.75, 3.05) is 0 Å². The van der Waals surface area contributed by atoms with Gasteiger partial charge >= 0.3 is 5.76 Å². The number of halogens is 2. The Morgan fingerprint density at radius 1 is 1.00 bits per heavy atom. The highest BCUT2D eigenvalue weighted by atomic mass is 32.2. The molecule has 0 amide bonds. The van der Waals surface area contributed by atoms with Crippen molar-refractivity contribution in [1.29, 1.82) is 0 Å². The van der Waals surface area contributed by atoms with Gasteiger partial charge in [-0.05, 0) is 27.7 Å². The van der Waals surface area contributed by atoms with E-state index in [4.69, 9.17) is 0 Å². The van der Waals surface area contributed by atoms with Crippen molar-refractivity contribution in [3.05, 3.63) is 0 Å². The average Bonchev–Trinajstić information content (AvgIpc) is 1.82. The van der Waals surface area contributed by atoms with Crippen LogP contribution in [0.15, 0.2) is 0 Å². The lowest BCUT2D eigenvalue weighted by Gasteiger charge is -2.28. The lowest BCUT2D eigenvalue weighted by molar-refractivity contribution is 0.203. The van der Waals surface area contributed by atoms with Crippen LogP contribution in [0.4, 0.5) is 8.78 Å². The van der Waals surface area contributed by atoms with Gasteiger partial charge in [0, 0.05) is 12.1 Å². The molecule has 0 aliphatic rings. The maximum Gasteiger partial charge on any atom is 0.350 e. The zero-order valence-electron chi connectivity index (χ0n) is 8.16. The molecule has 0 saturated carbocycles. The van der Waals surface area contributed by atoms with Gasteiger partial charge in [-0.2, -0.15) is 13.1 Å². The minimum atomic E-state index is -4.44. The number of alkyl halides is 2. The summed E-state index contributed by atoms with van der Waals surface area (Å²) in [6.45, 7) is 6.28. The Bertz CT molecular complexity index is 241. The van der Waals surface area contributed by atoms with E-state index in [1.807, 2.05) is 0 Å². The fraction of sp³-hybridized carbons (Fsp3) is 1.00. The average molecular weight is 215 g/mol. The van der Waals surface area contributed by atoms with Gasteiger partial charge in [0.25, 0.3) is 10.0 Å². The summed E-state index contributed by atoms with van der Waals surface area (Å²) in [5.74, 6) is -3.34. The number of sulfonamides is 1. The third-order valence-corrected chi connectivity index (χ3v) is 3.42. The molecule has 0 fully saturated rings. The lowest BCUT2D eigenvalue weighted by atomic mass is 10.3. The fourth-order valence-electron chi connectivity index (χ4n) is 1.28. The summed E-state index contributed by atoms with van der Waals surface area (Å²) in [5.41, 5.74) is 0. The Labute approximate surface area is 77.8 Å². The van der Waals surface area contributed by atoms with E-state index in [0.29, 0.717) is 0 Å². The molecule has 0 aromatic heterocycles. The van der Waals surface area contributed by atoms with Crippen LogP contribution in [0.25, 0.3) is 0 Å². The zero-order valence-corrected chi connectivity index (χ0v) is 8.98. The predicted molar refractivity (Wildman–Crippen MR) is 47.0 cm³/mol. The summed E-state index contributed by atoms with van der Waals surface area (Å²) < 4.78 is 47.3. The molecule has 0 spiro atoms. The van der Waals surface area contributed by atoms with Gasteiger partial charge in [-0.1, -0.05) is 0 Å². The Morgan fingerprint density at radius 2 is 1.31 bits per heavy atom. The molecule has 6 heteroatoms. The van der Waals surface area contributed by atoms with Gasteiger partial charge in [0.2, 0.25) is 0 Å². The second-order valence-corrected chi connectivity index (χ2v) is 5.13. The topological polar surface area (TPSA) is 37.4 Å². The monoisotopic (exact) mass is 215 g/mol. The third-order valence-electron chi connectivity index (χ3n) is 1.54. The smallest absolute Gasteiger partial charge is 0.206 e. The van der Waals surface area contributed by atoms with Crippen LogP contribution in [0.2, 0.25) is 0 Å². The molecule has 0 heterocycles. The Morgan fingerprint density at radius 3 is 1.38 bits per heavy atom. The summed E-state index contributed by atoms with van der Waals surface area (Å²) in [5, 5.41) is 0. The van der Waals surface area contributed by atoms with E-state index in [2.05, 4.69) is 0 Å². The van der Waals surface area contributed by atoms with Crippen molar-refractivity contribution < 1.29 is 17.2 Å². The minimum Gasteiger partial charge on any atom is -0.206 e. The van der Waals surface area contributed by atoms with E-state index in [9.17, 15) is 17.2 Å². The van der Waals surface area contributed by atoms with Crippen LogP contribution in [0.3, 0.4) is 0 Å². The van der Waals surface area contributed by atoms with E-state index in [1.54, 1.807) is 27.7 Å². The summed E-state index contributed by atoms with van der Waals surface area (Å²) in [6, 6.07) is -0.891. The van der Waals surface area contributed by atoms with Crippen LogP contribution in [0, 0.1) is 0 Å². The number of hydrogen-bond donors (Lipinski definition) is 0. The van der Waals surface area contributed by atoms with E-state index < -0.39 is 27.9 Å². The van der Waals surface area contributed by atoms with Crippen LogP contribution in [0.5, 0.6) is 0 Å². The molecular formula is C7H15F2NO2S. The SMILES string of the molecule is CC(C)N(C(C)C)S(=O)(=O)C(F)F. The molecule has 0 N–H and O–H groups in total. The van der Waals surface area contributed by atoms with E-state index in [-0.39, 0.29) is 0 Å². The van der Waals surface area contributed by atoms with Gasteiger partial charge in [-0.3, -0.25) is 0 Å². The molecule has 13 heavy (non-hydrogen) atoms. The second-order valence-electron chi connectivity index (χ2n) is 3.32. The highest BCUT2D eigenvalue weighted by Crippen LogP contribution is 2.18. The van der Waals surface area contributed by atoms with Gasteiger partial charge in [0.05, 0.1) is 0 Å². The molecule has 0 unspecified atom stereocenters. The molecule has 0 rings (SSSR count). The zero-order chi connectivity index (χ0) is 10.8. The Balaban J connectivity index is 4.97. The summed E-state index contributed by atoms with van der Waals surface area (Å²) in [7, 11) is -4.44. The van der Waals surface area contributed by atoms with Crippen molar-refractivity contribution in [1.82, 2.24) is 4.31 Å². The number of nitrogens with zero attached hydrogens (tertiary/aromatic N) is 1. The van der Waals surface area contributed by atoms with Crippen molar-refractivity contribution in [3.8, 4) is 0 Å². The molecule has 0 aliphatic carbocycles. The van der Waals surface area contributed by atoms with Gasteiger partial charge in [-0.15, -0.1) is 0 Å². The van der Waals surface area contributed by atoms with Crippen molar-refractivity contribution in [3.63, 3.8) is 0 Å². The first-order valence-corrected chi connectivity index (χ1v) is 5.52. The molecule has 0 aliphatic heterocycles. The van der Waals surface area contributed by atoms with Crippen LogP contribution < -0.4 is 0 Å². The van der Waals surface area contributed by atoms with Crippen LogP contribution in [0.1, 0.15) is 27.7 Å². The molecule has 3 nitrogen and oxygen atoms in total. The molecule has 0 radical (unpaired) electrons. The fourth-order valence-corrected chi connectivity index (χ4v) is 2.64. The van der Waals surface area contributed by atoms with Crippen LogP contribution >= 0.6 is 0 Å². The van der Waals surface area contributed by atoms with E-state index in [1.165, 1.54) is 0 Å². The molecular weight excluding hydrogens is 200 g/mol. The quantitative estimate of drug-likeness (QED) is 0.715. The highest BCUT2D eigenvalue weighted by molar-refractivity contribution is 7.89. The van der Waals surface area contributed by atoms with Crippen molar-refractivity contribution in [2.24, 2.45) is 0 Å². The third kappa shape index (κ3) is 2.87. The standard InChI is InChI=1S/C7H15F2NO2S/c1-5(2)10(6(3)4)13(11,12)7(8)9/h5-7H,1-4H3. The number of hydrogen-bond acceptors (Lipinski definition) is 2. The van der Waals surface area contributed by atoms with Gasteiger partial charge in [0.15, 0.2) is 0 Å². The summed E-state index contributed by atoms with van der Waals surface area (Å²) >= 11 is 0. The lowest BCUT2D eigenvalue weighted by Crippen LogP contribution is -2.44. The van der Waals surface area contributed by atoms with E-state index >= 15 is 0 Å². The maximum atomic E-state index is 12.2. The van der Waals surface area contributed by atoms with Crippen molar-refractivity contribution >= 4 is 10.0 Å². The maximum absolute atomic E-state index is 12.2. The molecule has 0 aromatic carbocycles. The minimum absolute atomic E-state index is 0.445. The number of rotatable bonds is 4. The van der Waals surface area contributed by atoms with Crippen molar-refractivity contribution in [2.45, 2.75) is 45.5 Å². The van der Waals surface area contributed by atoms with Crippen LogP contribution in [-0.4, -0.2) is 30.6 Å². The molecule has 0 bridgehead atoms. The normalized spacial score (nSPS) is 13.7. The summed E-state index contributed by atoms with van der Waals surface area (Å²) in [4.78, 5) is 0. The highest BCUT2D eigenvalue weighted by Gasteiger charge is 2.35. The van der Waals surface area contributed by atoms with Gasteiger partial charge < -0.3 is 0 Å². The largest absolute Gasteiger partial charge is 0.350 e. The molecule has 0 aromatic rings. The Hall–Kier alpha value is -0.230. The Kier molecular flexibility index (Phi) is 4.25. The first-order chi connectivity index (χ1) is 5.71. The predicted octanol–water partition coefficient (Wildman–Crippen LogP) is 1.66. The van der Waals surface area contributed by atoms with Gasteiger partial charge in [0.1, 0.15) is 0 Å². The molecule has 0 saturated heterocycles. The molecule has 0 atom stereocenters. The summed E-state index contributed by atoms with van der Waals surface area (Å²) in [6.07, 6.45) is 0.